The number of aryl methyl sites for hydroxylation is 1. The van der Waals surface area contributed by atoms with Crippen molar-refractivity contribution in [2.75, 3.05) is 35.2 Å². The monoisotopic (exact) mass is 410 g/mol. The molecule has 30 heavy (non-hydrogen) atoms. The number of benzene rings is 2. The van der Waals surface area contributed by atoms with Gasteiger partial charge in [-0.1, -0.05) is 12.1 Å². The third kappa shape index (κ3) is 3.84. The van der Waals surface area contributed by atoms with Crippen LogP contribution in [0.4, 0.5) is 21.5 Å². The molecule has 4 rings (SSSR count). The molecule has 0 saturated carbocycles. The molecule has 2 aromatic carbocycles. The lowest BCUT2D eigenvalue weighted by Gasteiger charge is -2.40. The minimum Gasteiger partial charge on any atom is -0.373 e. The molecule has 2 amide bonds. The summed E-state index contributed by atoms with van der Waals surface area (Å²) in [5.41, 5.74) is 3.94. The van der Waals surface area contributed by atoms with Crippen LogP contribution in [-0.4, -0.2) is 48.4 Å². The zero-order valence-electron chi connectivity index (χ0n) is 17.5. The Bertz CT molecular complexity index is 962. The molecule has 1 saturated heterocycles. The largest absolute Gasteiger partial charge is 0.373 e. The third-order valence-corrected chi connectivity index (χ3v) is 6.02. The third-order valence-electron chi connectivity index (χ3n) is 6.02. The van der Waals surface area contributed by atoms with Crippen molar-refractivity contribution in [2.24, 2.45) is 0 Å². The van der Waals surface area contributed by atoms with Gasteiger partial charge < -0.3 is 20.4 Å². The molecule has 0 spiro atoms. The van der Waals surface area contributed by atoms with Crippen molar-refractivity contribution in [3.05, 3.63) is 53.3 Å². The number of amides is 2. The summed E-state index contributed by atoms with van der Waals surface area (Å²) in [6, 6.07) is 10.5. The number of fused-ring (bicyclic) bond motifs is 1. The van der Waals surface area contributed by atoms with Gasteiger partial charge in [-0.3, -0.25) is 9.59 Å². The van der Waals surface area contributed by atoms with E-state index in [0.717, 1.165) is 30.0 Å². The highest BCUT2D eigenvalue weighted by Gasteiger charge is 2.30. The number of hydrogen-bond donors (Lipinski definition) is 2. The van der Waals surface area contributed by atoms with E-state index in [4.69, 9.17) is 0 Å². The number of piperazine rings is 1. The van der Waals surface area contributed by atoms with Gasteiger partial charge in [0.2, 0.25) is 11.8 Å². The molecule has 2 aliphatic heterocycles. The van der Waals surface area contributed by atoms with E-state index in [-0.39, 0.29) is 23.7 Å². The van der Waals surface area contributed by atoms with Crippen molar-refractivity contribution < 1.29 is 14.0 Å². The summed E-state index contributed by atoms with van der Waals surface area (Å²) in [5.74, 6) is -0.365. The number of anilines is 3. The highest BCUT2D eigenvalue weighted by atomic mass is 19.1. The van der Waals surface area contributed by atoms with Crippen molar-refractivity contribution in [3.63, 3.8) is 0 Å². The van der Waals surface area contributed by atoms with Gasteiger partial charge in [0.25, 0.3) is 0 Å². The Morgan fingerprint density at radius 2 is 2.00 bits per heavy atom. The van der Waals surface area contributed by atoms with Gasteiger partial charge in [0.05, 0.1) is 0 Å². The number of nitrogens with one attached hydrogen (secondary N) is 2. The van der Waals surface area contributed by atoms with Crippen LogP contribution in [0, 0.1) is 12.7 Å². The summed E-state index contributed by atoms with van der Waals surface area (Å²) in [5, 5.41) is 6.12. The molecule has 0 aliphatic carbocycles. The van der Waals surface area contributed by atoms with Crippen molar-refractivity contribution in [1.29, 1.82) is 0 Å². The molecule has 2 heterocycles. The van der Waals surface area contributed by atoms with Crippen molar-refractivity contribution in [1.82, 2.24) is 4.90 Å². The van der Waals surface area contributed by atoms with Gasteiger partial charge >= 0.3 is 0 Å². The lowest BCUT2D eigenvalue weighted by atomic mass is 10.1. The first-order valence-corrected chi connectivity index (χ1v) is 10.3. The van der Waals surface area contributed by atoms with Crippen LogP contribution in [0.5, 0.6) is 0 Å². The molecular formula is C23H27FN4O2. The first-order chi connectivity index (χ1) is 14.3. The van der Waals surface area contributed by atoms with E-state index in [1.54, 1.807) is 13.0 Å². The molecular weight excluding hydrogens is 383 g/mol. The van der Waals surface area contributed by atoms with Gasteiger partial charge in [-0.05, 0) is 43.7 Å². The summed E-state index contributed by atoms with van der Waals surface area (Å²) in [4.78, 5) is 28.6. The molecule has 1 fully saturated rings. The van der Waals surface area contributed by atoms with Gasteiger partial charge in [0.15, 0.2) is 0 Å². The minimum atomic E-state index is -0.501. The average molecular weight is 410 g/mol. The maximum Gasteiger partial charge on any atom is 0.247 e. The van der Waals surface area contributed by atoms with Crippen LogP contribution in [0.15, 0.2) is 36.4 Å². The molecule has 2 atom stereocenters. The van der Waals surface area contributed by atoms with Crippen molar-refractivity contribution >= 4 is 28.9 Å². The van der Waals surface area contributed by atoms with Gasteiger partial charge in [-0.25, -0.2) is 4.39 Å². The van der Waals surface area contributed by atoms with E-state index < -0.39 is 6.04 Å². The molecule has 2 unspecified atom stereocenters. The standard InChI is InChI=1S/C23H27FN4O2/c1-14-7-8-20(24)19-12-21(26-22(14)19)23(30)25-17-5-4-6-18(11-17)27-9-10-28(16(3)29)15(2)13-27/h4-8,11,15,21,26H,9-10,12-13H2,1-3H3,(H,25,30). The van der Waals surface area contributed by atoms with E-state index in [1.807, 2.05) is 43.0 Å². The smallest absolute Gasteiger partial charge is 0.247 e. The van der Waals surface area contributed by atoms with Gasteiger partial charge in [-0.15, -0.1) is 0 Å². The molecule has 6 nitrogen and oxygen atoms in total. The molecule has 0 aromatic heterocycles. The Balaban J connectivity index is 1.43. The zero-order valence-corrected chi connectivity index (χ0v) is 17.5. The Morgan fingerprint density at radius 1 is 1.20 bits per heavy atom. The molecule has 0 radical (unpaired) electrons. The molecule has 2 aliphatic rings. The van der Waals surface area contributed by atoms with Crippen molar-refractivity contribution in [3.8, 4) is 0 Å². The Hall–Kier alpha value is -3.09. The Kier molecular flexibility index (Phi) is 5.37. The first kappa shape index (κ1) is 20.2. The van der Waals surface area contributed by atoms with Crippen LogP contribution in [0.3, 0.4) is 0 Å². The predicted octanol–water partition coefficient (Wildman–Crippen LogP) is 3.17. The fourth-order valence-electron chi connectivity index (χ4n) is 4.40. The number of rotatable bonds is 3. The Morgan fingerprint density at radius 3 is 2.70 bits per heavy atom. The van der Waals surface area contributed by atoms with Gasteiger partial charge in [0, 0.05) is 61.6 Å². The number of carbonyl (C=O) groups excluding carboxylic acids is 2. The number of hydrogen-bond acceptors (Lipinski definition) is 4. The van der Waals surface area contributed by atoms with Crippen LogP contribution in [-0.2, 0) is 16.0 Å². The SMILES string of the molecule is CC(=O)N1CCN(c2cccc(NC(=O)C3Cc4c(F)ccc(C)c4N3)c2)CC1C. The summed E-state index contributed by atoms with van der Waals surface area (Å²) in [6.45, 7) is 7.73. The second kappa shape index (κ2) is 7.97. The first-order valence-electron chi connectivity index (χ1n) is 10.3. The van der Waals surface area contributed by atoms with E-state index in [9.17, 15) is 14.0 Å². The van der Waals surface area contributed by atoms with E-state index in [2.05, 4.69) is 15.5 Å². The fourth-order valence-corrected chi connectivity index (χ4v) is 4.40. The van der Waals surface area contributed by atoms with Crippen LogP contribution in [0.1, 0.15) is 25.0 Å². The second-order valence-corrected chi connectivity index (χ2v) is 8.17. The molecule has 158 valence electrons. The van der Waals surface area contributed by atoms with E-state index in [0.29, 0.717) is 24.2 Å². The van der Waals surface area contributed by atoms with Gasteiger partial charge in [0.1, 0.15) is 11.9 Å². The zero-order chi connectivity index (χ0) is 21.4. The second-order valence-electron chi connectivity index (χ2n) is 8.17. The molecule has 0 bridgehead atoms. The quantitative estimate of drug-likeness (QED) is 0.816. The van der Waals surface area contributed by atoms with E-state index >= 15 is 0 Å². The molecule has 2 aromatic rings. The predicted molar refractivity (Wildman–Crippen MR) is 116 cm³/mol. The molecule has 7 heteroatoms. The van der Waals surface area contributed by atoms with E-state index in [1.165, 1.54) is 6.07 Å². The van der Waals surface area contributed by atoms with Crippen LogP contribution < -0.4 is 15.5 Å². The normalized spacial score (nSPS) is 20.5. The topological polar surface area (TPSA) is 64.7 Å². The van der Waals surface area contributed by atoms with Crippen molar-refractivity contribution in [2.45, 2.75) is 39.3 Å². The highest BCUT2D eigenvalue weighted by Crippen LogP contribution is 2.32. The summed E-state index contributed by atoms with van der Waals surface area (Å²) in [6.07, 6.45) is 0.332. The molecule has 2 N–H and O–H groups in total. The average Bonchev–Trinajstić information content (AvgIpc) is 3.18. The maximum absolute atomic E-state index is 14.1. The van der Waals surface area contributed by atoms with Crippen LogP contribution >= 0.6 is 0 Å². The number of halogens is 1. The number of carbonyl (C=O) groups is 2. The highest BCUT2D eigenvalue weighted by molar-refractivity contribution is 5.98. The fraction of sp³-hybridized carbons (Fsp3) is 0.391. The van der Waals surface area contributed by atoms with Gasteiger partial charge in [-0.2, -0.15) is 0 Å². The number of nitrogens with zero attached hydrogens (tertiary/aromatic N) is 2. The summed E-state index contributed by atoms with van der Waals surface area (Å²) < 4.78 is 14.1. The Labute approximate surface area is 176 Å². The van der Waals surface area contributed by atoms with Crippen LogP contribution in [0.2, 0.25) is 0 Å². The van der Waals surface area contributed by atoms with Crippen LogP contribution in [0.25, 0.3) is 0 Å². The maximum atomic E-state index is 14.1. The lowest BCUT2D eigenvalue weighted by Crippen LogP contribution is -2.53. The lowest BCUT2D eigenvalue weighted by molar-refractivity contribution is -0.131. The summed E-state index contributed by atoms with van der Waals surface area (Å²) in [7, 11) is 0. The summed E-state index contributed by atoms with van der Waals surface area (Å²) >= 11 is 0. The minimum absolute atomic E-state index is 0.0971.